The van der Waals surface area contributed by atoms with Crippen LogP contribution in [0.4, 0.5) is 0 Å². The summed E-state index contributed by atoms with van der Waals surface area (Å²) >= 11 is 1.52. The van der Waals surface area contributed by atoms with Gasteiger partial charge in [0.05, 0.1) is 12.1 Å². The summed E-state index contributed by atoms with van der Waals surface area (Å²) in [5, 5.41) is 2.80. The normalized spacial score (nSPS) is 20.1. The molecule has 0 aromatic carbocycles. The Hall–Kier alpha value is -2.32. The fraction of sp³-hybridized carbons (Fsp3) is 0.474. The maximum Gasteiger partial charge on any atom is 0.251 e. The average molecular weight is 386 g/mol. The van der Waals surface area contributed by atoms with E-state index in [4.69, 9.17) is 4.74 Å². The highest BCUT2D eigenvalue weighted by Crippen LogP contribution is 2.23. The highest BCUT2D eigenvalue weighted by molar-refractivity contribution is 7.13. The maximum atomic E-state index is 12.6. The second kappa shape index (κ2) is 8.14. The summed E-state index contributed by atoms with van der Waals surface area (Å²) in [5.41, 5.74) is 1.74. The molecular formula is C19H22N4O3S. The molecule has 2 amide bonds. The summed E-state index contributed by atoms with van der Waals surface area (Å²) in [4.78, 5) is 37.3. The predicted octanol–water partition coefficient (Wildman–Crippen LogP) is 1.60. The van der Waals surface area contributed by atoms with Crippen LogP contribution in [0.1, 0.15) is 18.5 Å². The lowest BCUT2D eigenvalue weighted by atomic mass is 10.2. The summed E-state index contributed by atoms with van der Waals surface area (Å²) in [6, 6.07) is 3.83. The molecule has 0 radical (unpaired) electrons. The number of piperazine rings is 1. The van der Waals surface area contributed by atoms with Gasteiger partial charge in [-0.25, -0.2) is 4.98 Å². The third-order valence-electron chi connectivity index (χ3n) is 4.94. The van der Waals surface area contributed by atoms with Crippen molar-refractivity contribution in [1.29, 1.82) is 0 Å². The zero-order valence-electron chi connectivity index (χ0n) is 15.0. The molecule has 1 atom stereocenters. The molecule has 27 heavy (non-hydrogen) atoms. The molecule has 2 aliphatic heterocycles. The van der Waals surface area contributed by atoms with Crippen molar-refractivity contribution >= 4 is 23.2 Å². The van der Waals surface area contributed by atoms with E-state index in [1.807, 2.05) is 27.3 Å². The van der Waals surface area contributed by atoms with Gasteiger partial charge >= 0.3 is 0 Å². The molecule has 0 bridgehead atoms. The molecule has 2 aromatic rings. The van der Waals surface area contributed by atoms with E-state index >= 15 is 0 Å². The van der Waals surface area contributed by atoms with E-state index in [2.05, 4.69) is 9.97 Å². The van der Waals surface area contributed by atoms with Gasteiger partial charge < -0.3 is 14.5 Å². The topological polar surface area (TPSA) is 75.6 Å². The van der Waals surface area contributed by atoms with Crippen LogP contribution in [0, 0.1) is 0 Å². The molecule has 0 aliphatic carbocycles. The summed E-state index contributed by atoms with van der Waals surface area (Å²) < 4.78 is 5.48. The van der Waals surface area contributed by atoms with Crippen molar-refractivity contribution in [2.45, 2.75) is 25.4 Å². The van der Waals surface area contributed by atoms with Gasteiger partial charge in [0.1, 0.15) is 11.1 Å². The number of carbonyl (C=O) groups is 2. The first-order valence-corrected chi connectivity index (χ1v) is 10.1. The lowest BCUT2D eigenvalue weighted by molar-refractivity contribution is -0.145. The lowest BCUT2D eigenvalue weighted by Crippen LogP contribution is -2.53. The fourth-order valence-corrected chi connectivity index (χ4v) is 4.24. The smallest absolute Gasteiger partial charge is 0.251 e. The molecule has 8 heteroatoms. The maximum absolute atomic E-state index is 12.6. The van der Waals surface area contributed by atoms with E-state index in [0.717, 1.165) is 29.1 Å². The molecule has 4 heterocycles. The summed E-state index contributed by atoms with van der Waals surface area (Å²) in [5.74, 6) is 0.127. The first-order valence-electron chi connectivity index (χ1n) is 9.23. The SMILES string of the molecule is O=C(Cc1csc(-c2cccnc2)n1)N1CCN(C(=O)C2CCCO2)CC1. The first-order chi connectivity index (χ1) is 13.2. The van der Waals surface area contributed by atoms with E-state index < -0.39 is 0 Å². The van der Waals surface area contributed by atoms with Gasteiger partial charge in [0.2, 0.25) is 5.91 Å². The van der Waals surface area contributed by atoms with Gasteiger partial charge in [0.25, 0.3) is 5.91 Å². The number of carbonyl (C=O) groups excluding carboxylic acids is 2. The highest BCUT2D eigenvalue weighted by atomic mass is 32.1. The van der Waals surface area contributed by atoms with Crippen molar-refractivity contribution in [3.8, 4) is 10.6 Å². The molecular weight excluding hydrogens is 364 g/mol. The third kappa shape index (κ3) is 4.17. The lowest BCUT2D eigenvalue weighted by Gasteiger charge is -2.35. The van der Waals surface area contributed by atoms with Crippen LogP contribution < -0.4 is 0 Å². The van der Waals surface area contributed by atoms with Gasteiger partial charge in [0.15, 0.2) is 0 Å². The van der Waals surface area contributed by atoms with Crippen molar-refractivity contribution < 1.29 is 14.3 Å². The van der Waals surface area contributed by atoms with Gasteiger partial charge in [-0.2, -0.15) is 0 Å². The van der Waals surface area contributed by atoms with Crippen LogP contribution in [0.25, 0.3) is 10.6 Å². The van der Waals surface area contributed by atoms with Gasteiger partial charge in [-0.1, -0.05) is 0 Å². The number of hydrogen-bond acceptors (Lipinski definition) is 6. The van der Waals surface area contributed by atoms with Crippen LogP contribution in [0.15, 0.2) is 29.9 Å². The van der Waals surface area contributed by atoms with Crippen LogP contribution in [-0.2, 0) is 20.7 Å². The summed E-state index contributed by atoms with van der Waals surface area (Å²) in [6.07, 6.45) is 5.26. The molecule has 7 nitrogen and oxygen atoms in total. The first kappa shape index (κ1) is 18.1. The third-order valence-corrected chi connectivity index (χ3v) is 5.88. The Morgan fingerprint density at radius 2 is 2.04 bits per heavy atom. The Morgan fingerprint density at radius 1 is 1.22 bits per heavy atom. The van der Waals surface area contributed by atoms with E-state index in [1.165, 1.54) is 11.3 Å². The van der Waals surface area contributed by atoms with Crippen LogP contribution in [0.2, 0.25) is 0 Å². The van der Waals surface area contributed by atoms with E-state index in [9.17, 15) is 9.59 Å². The molecule has 0 spiro atoms. The second-order valence-corrected chi connectivity index (χ2v) is 7.63. The number of aromatic nitrogens is 2. The van der Waals surface area contributed by atoms with Crippen molar-refractivity contribution in [2.24, 2.45) is 0 Å². The molecule has 0 N–H and O–H groups in total. The Morgan fingerprint density at radius 3 is 2.74 bits per heavy atom. The minimum atomic E-state index is -0.284. The molecule has 1 unspecified atom stereocenters. The highest BCUT2D eigenvalue weighted by Gasteiger charge is 2.31. The van der Waals surface area contributed by atoms with Gasteiger partial charge in [0, 0.05) is 56.1 Å². The number of ether oxygens (including phenoxy) is 1. The Bertz CT molecular complexity index is 796. The number of amides is 2. The summed E-state index contributed by atoms with van der Waals surface area (Å²) in [6.45, 7) is 2.95. The number of hydrogen-bond donors (Lipinski definition) is 0. The largest absolute Gasteiger partial charge is 0.368 e. The quantitative estimate of drug-likeness (QED) is 0.798. The van der Waals surface area contributed by atoms with Crippen LogP contribution in [0.3, 0.4) is 0 Å². The molecule has 142 valence electrons. The number of pyridine rings is 1. The number of nitrogens with zero attached hydrogens (tertiary/aromatic N) is 4. The Labute approximate surface area is 162 Å². The monoisotopic (exact) mass is 386 g/mol. The number of rotatable bonds is 4. The van der Waals surface area contributed by atoms with Crippen LogP contribution >= 0.6 is 11.3 Å². The molecule has 0 saturated carbocycles. The van der Waals surface area contributed by atoms with Crippen LogP contribution in [-0.4, -0.2) is 70.5 Å². The van der Waals surface area contributed by atoms with Crippen molar-refractivity contribution in [3.63, 3.8) is 0 Å². The number of thiazole rings is 1. The van der Waals surface area contributed by atoms with Crippen molar-refractivity contribution in [3.05, 3.63) is 35.6 Å². The standard InChI is InChI=1S/C19H22N4O3S/c24-17(11-15-13-27-18(21-15)14-3-1-5-20-12-14)22-6-8-23(9-7-22)19(25)16-4-2-10-26-16/h1,3,5,12-13,16H,2,4,6-11H2. The predicted molar refractivity (Wildman–Crippen MR) is 101 cm³/mol. The second-order valence-electron chi connectivity index (χ2n) is 6.77. The molecule has 2 saturated heterocycles. The zero-order chi connectivity index (χ0) is 18.6. The van der Waals surface area contributed by atoms with E-state index in [-0.39, 0.29) is 24.3 Å². The summed E-state index contributed by atoms with van der Waals surface area (Å²) in [7, 11) is 0. The van der Waals surface area contributed by atoms with E-state index in [0.29, 0.717) is 32.8 Å². The molecule has 2 aromatic heterocycles. The molecule has 4 rings (SSSR count). The minimum absolute atomic E-state index is 0.0576. The van der Waals surface area contributed by atoms with Crippen molar-refractivity contribution in [1.82, 2.24) is 19.8 Å². The van der Waals surface area contributed by atoms with Gasteiger partial charge in [-0.15, -0.1) is 11.3 Å². The minimum Gasteiger partial charge on any atom is -0.368 e. The van der Waals surface area contributed by atoms with Crippen molar-refractivity contribution in [2.75, 3.05) is 32.8 Å². The van der Waals surface area contributed by atoms with Gasteiger partial charge in [-0.3, -0.25) is 14.6 Å². The fourth-order valence-electron chi connectivity index (χ4n) is 3.43. The zero-order valence-corrected chi connectivity index (χ0v) is 15.9. The van der Waals surface area contributed by atoms with Gasteiger partial charge in [-0.05, 0) is 25.0 Å². The van der Waals surface area contributed by atoms with Crippen LogP contribution in [0.5, 0.6) is 0 Å². The Balaban J connectivity index is 1.30. The molecule has 2 fully saturated rings. The Kier molecular flexibility index (Phi) is 5.45. The average Bonchev–Trinajstić information content (AvgIpc) is 3.40. The molecule has 2 aliphatic rings. The van der Waals surface area contributed by atoms with E-state index in [1.54, 1.807) is 12.4 Å².